The third-order valence-corrected chi connectivity index (χ3v) is 14.5. The maximum atomic E-state index is 14.7. The minimum Gasteiger partial charge on any atom is -0.497 e. The molecule has 4 atom stereocenters. The number of rotatable bonds is 11. The van der Waals surface area contributed by atoms with Gasteiger partial charge in [0.2, 0.25) is 5.91 Å². The van der Waals surface area contributed by atoms with Gasteiger partial charge in [0.05, 0.1) is 32.7 Å². The average molecular weight is 630 g/mol. The van der Waals surface area contributed by atoms with Gasteiger partial charge in [0.25, 0.3) is 5.91 Å². The number of anilines is 2. The molecule has 3 aromatic rings. The van der Waals surface area contributed by atoms with Gasteiger partial charge in [-0.2, -0.15) is 0 Å². The summed E-state index contributed by atoms with van der Waals surface area (Å²) in [5.74, 6) is 0.681. The number of methoxy groups -OCH3 is 1. The first-order chi connectivity index (χ1) is 21.6. The maximum Gasteiger partial charge on any atom is 0.264 e. The Balaban J connectivity index is 1.44. The van der Waals surface area contributed by atoms with Crippen molar-refractivity contribution < 1.29 is 24.2 Å². The van der Waals surface area contributed by atoms with Gasteiger partial charge in [-0.15, -0.1) is 11.7 Å². The average Bonchev–Trinajstić information content (AvgIpc) is 3.79. The van der Waals surface area contributed by atoms with Crippen molar-refractivity contribution in [2.45, 2.75) is 69.5 Å². The van der Waals surface area contributed by atoms with Crippen LogP contribution in [0.25, 0.3) is 0 Å². The van der Waals surface area contributed by atoms with Crippen LogP contribution in [0.3, 0.4) is 0 Å². The first kappa shape index (κ1) is 31.2. The molecule has 0 saturated carbocycles. The molecule has 238 valence electrons. The molecule has 0 radical (unpaired) electrons. The van der Waals surface area contributed by atoms with E-state index in [4.69, 9.17) is 9.47 Å². The van der Waals surface area contributed by atoms with Crippen molar-refractivity contribution in [1.29, 1.82) is 0 Å². The second kappa shape index (κ2) is 12.2. The van der Waals surface area contributed by atoms with E-state index in [9.17, 15) is 14.7 Å². The number of fused-ring (bicyclic) bond motifs is 2. The van der Waals surface area contributed by atoms with Crippen molar-refractivity contribution in [2.75, 3.05) is 36.6 Å². The molecule has 45 heavy (non-hydrogen) atoms. The summed E-state index contributed by atoms with van der Waals surface area (Å²) >= 11 is 0. The summed E-state index contributed by atoms with van der Waals surface area (Å²) in [6.07, 6.45) is 5.82. The fourth-order valence-electron chi connectivity index (χ4n) is 7.91. The minimum absolute atomic E-state index is 0.0158. The Morgan fingerprint density at radius 2 is 1.98 bits per heavy atom. The summed E-state index contributed by atoms with van der Waals surface area (Å²) in [5, 5.41) is 19.1. The summed E-state index contributed by atoms with van der Waals surface area (Å²) < 4.78 is 14.5. The zero-order chi connectivity index (χ0) is 31.9. The van der Waals surface area contributed by atoms with E-state index in [1.807, 2.05) is 41.4 Å². The molecule has 0 aliphatic carbocycles. The number of carbonyl (C=O) groups excluding carboxylic acids is 2. The standard InChI is InChI=1S/C34H43N5O5Si/c1-6-17-39-29-14-9-25(38-18-7-8-31(38)41)21-28(29)34(33(39)42)23(2)32(45(4,5)27-12-10-26(43-3)11-13-27)30(44-34)15-19-37-22-24(16-20-40)35-36-37/h6,9-14,21-23,30,32,40H,1,7-8,15-20H2,2-5H3/t23-,30+,32-,34+/m1/s1. The zero-order valence-corrected chi connectivity index (χ0v) is 27.6. The number of nitrogens with zero attached hydrogens (tertiary/aromatic N) is 5. The molecule has 0 bridgehead atoms. The fourth-order valence-corrected chi connectivity index (χ4v) is 12.0. The molecule has 2 fully saturated rings. The fraction of sp³-hybridized carbons (Fsp3) is 0.471. The molecule has 4 heterocycles. The van der Waals surface area contributed by atoms with Gasteiger partial charge in [0.15, 0.2) is 5.60 Å². The number of aliphatic hydroxyl groups excluding tert-OH is 1. The lowest BCUT2D eigenvalue weighted by atomic mass is 9.82. The molecular formula is C34H43N5O5Si. The van der Waals surface area contributed by atoms with Crippen LogP contribution < -0.4 is 19.7 Å². The van der Waals surface area contributed by atoms with Crippen molar-refractivity contribution in [2.24, 2.45) is 5.92 Å². The van der Waals surface area contributed by atoms with E-state index in [0.29, 0.717) is 38.9 Å². The number of hydrogen-bond donors (Lipinski definition) is 1. The molecular weight excluding hydrogens is 586 g/mol. The number of amides is 2. The van der Waals surface area contributed by atoms with E-state index in [2.05, 4.69) is 49.0 Å². The highest BCUT2D eigenvalue weighted by Gasteiger charge is 2.66. The monoisotopic (exact) mass is 629 g/mol. The van der Waals surface area contributed by atoms with Crippen LogP contribution in [0.5, 0.6) is 5.75 Å². The van der Waals surface area contributed by atoms with Gasteiger partial charge in [-0.05, 0) is 48.7 Å². The van der Waals surface area contributed by atoms with E-state index < -0.39 is 13.7 Å². The van der Waals surface area contributed by atoms with E-state index in [1.165, 1.54) is 5.19 Å². The number of aromatic nitrogens is 3. The number of aliphatic hydroxyl groups is 1. The van der Waals surface area contributed by atoms with Crippen LogP contribution in [0.4, 0.5) is 11.4 Å². The first-order valence-corrected chi connectivity index (χ1v) is 18.9. The number of ether oxygens (including phenoxy) is 2. The van der Waals surface area contributed by atoms with Crippen molar-refractivity contribution in [3.05, 3.63) is 72.6 Å². The molecule has 6 rings (SSSR count). The SMILES string of the molecule is C=CCN1C(=O)[C@@]2(O[C@@H](CCn3cc(CCO)nn3)[C@H]([Si](C)(C)c3ccc(OC)cc3)[C@H]2C)c2cc(N3CCCC3=O)ccc21. The van der Waals surface area contributed by atoms with Crippen molar-refractivity contribution in [3.8, 4) is 5.75 Å². The smallest absolute Gasteiger partial charge is 0.264 e. The second-order valence-electron chi connectivity index (χ2n) is 12.9. The van der Waals surface area contributed by atoms with Gasteiger partial charge in [-0.25, -0.2) is 0 Å². The van der Waals surface area contributed by atoms with Gasteiger partial charge >= 0.3 is 0 Å². The quantitative estimate of drug-likeness (QED) is 0.254. The molecule has 1 spiro atoms. The van der Waals surface area contributed by atoms with Crippen LogP contribution in [0.1, 0.15) is 37.4 Å². The Morgan fingerprint density at radius 1 is 1.20 bits per heavy atom. The second-order valence-corrected chi connectivity index (χ2v) is 17.6. The van der Waals surface area contributed by atoms with Crippen molar-refractivity contribution in [1.82, 2.24) is 15.0 Å². The predicted molar refractivity (Wildman–Crippen MR) is 176 cm³/mol. The van der Waals surface area contributed by atoms with Gasteiger partial charge in [-0.3, -0.25) is 14.3 Å². The van der Waals surface area contributed by atoms with Crippen LogP contribution in [0, 0.1) is 5.92 Å². The third-order valence-electron chi connectivity index (χ3n) is 10.1. The lowest BCUT2D eigenvalue weighted by molar-refractivity contribution is -0.145. The Hall–Kier alpha value is -3.80. The molecule has 2 saturated heterocycles. The summed E-state index contributed by atoms with van der Waals surface area (Å²) in [5.41, 5.74) is 2.07. The summed E-state index contributed by atoms with van der Waals surface area (Å²) in [7, 11) is -0.634. The maximum absolute atomic E-state index is 14.7. The number of hydrogen-bond acceptors (Lipinski definition) is 7. The van der Waals surface area contributed by atoms with Crippen LogP contribution in [-0.4, -0.2) is 72.9 Å². The molecule has 3 aliphatic rings. The lowest BCUT2D eigenvalue weighted by Crippen LogP contribution is -2.52. The molecule has 10 nitrogen and oxygen atoms in total. The molecule has 1 aromatic heterocycles. The Kier molecular flexibility index (Phi) is 8.44. The van der Waals surface area contributed by atoms with Gasteiger partial charge in [0, 0.05) is 62.4 Å². The van der Waals surface area contributed by atoms with Crippen LogP contribution in [-0.2, 0) is 32.9 Å². The highest BCUT2D eigenvalue weighted by atomic mass is 28.3. The third kappa shape index (κ3) is 5.20. The highest BCUT2D eigenvalue weighted by molar-refractivity contribution is 6.91. The molecule has 1 N–H and O–H groups in total. The Bertz CT molecular complexity index is 1590. The first-order valence-electron chi connectivity index (χ1n) is 15.9. The van der Waals surface area contributed by atoms with E-state index >= 15 is 0 Å². The van der Waals surface area contributed by atoms with Crippen molar-refractivity contribution in [3.63, 3.8) is 0 Å². The van der Waals surface area contributed by atoms with Crippen LogP contribution >= 0.6 is 0 Å². The molecule has 0 unspecified atom stereocenters. The van der Waals surface area contributed by atoms with Gasteiger partial charge in [-0.1, -0.05) is 48.6 Å². The minimum atomic E-state index is -2.30. The van der Waals surface area contributed by atoms with E-state index in [-0.39, 0.29) is 36.0 Å². The molecule has 2 aromatic carbocycles. The number of benzene rings is 2. The number of aryl methyl sites for hydroxylation is 1. The molecule has 11 heteroatoms. The molecule has 2 amide bonds. The summed E-state index contributed by atoms with van der Waals surface area (Å²) in [6.45, 7) is 12.5. The van der Waals surface area contributed by atoms with Crippen LogP contribution in [0.2, 0.25) is 18.6 Å². The summed E-state index contributed by atoms with van der Waals surface area (Å²) in [6, 6.07) is 14.3. The Morgan fingerprint density at radius 3 is 2.64 bits per heavy atom. The summed E-state index contributed by atoms with van der Waals surface area (Å²) in [4.78, 5) is 31.1. The topological polar surface area (TPSA) is 110 Å². The number of carbonyl (C=O) groups is 2. The Labute approximate surface area is 265 Å². The zero-order valence-electron chi connectivity index (χ0n) is 26.6. The van der Waals surface area contributed by atoms with E-state index in [1.54, 1.807) is 22.8 Å². The normalized spacial score (nSPS) is 24.6. The van der Waals surface area contributed by atoms with Crippen LogP contribution in [0.15, 0.2) is 61.3 Å². The van der Waals surface area contributed by atoms with Crippen molar-refractivity contribution >= 4 is 36.4 Å². The van der Waals surface area contributed by atoms with Gasteiger partial charge < -0.3 is 24.4 Å². The molecule has 3 aliphatic heterocycles. The largest absolute Gasteiger partial charge is 0.497 e. The van der Waals surface area contributed by atoms with Gasteiger partial charge in [0.1, 0.15) is 5.75 Å². The predicted octanol–water partition coefficient (Wildman–Crippen LogP) is 3.79. The van der Waals surface area contributed by atoms with E-state index in [0.717, 1.165) is 34.8 Å². The lowest BCUT2D eigenvalue weighted by Gasteiger charge is -2.37. The highest BCUT2D eigenvalue weighted by Crippen LogP contribution is 2.60.